The van der Waals surface area contributed by atoms with Crippen LogP contribution in [0.1, 0.15) is 26.2 Å². The van der Waals surface area contributed by atoms with Gasteiger partial charge >= 0.3 is 0 Å². The monoisotopic (exact) mass is 239 g/mol. The Kier molecular flexibility index (Phi) is 1.57. The van der Waals surface area contributed by atoms with E-state index in [1.807, 2.05) is 19.2 Å². The molecule has 0 bridgehead atoms. The lowest BCUT2D eigenvalue weighted by Gasteiger charge is -2.37. The number of amides is 1. The first kappa shape index (κ1) is 9.09. The van der Waals surface area contributed by atoms with Gasteiger partial charge in [-0.05, 0) is 18.9 Å². The van der Waals surface area contributed by atoms with Gasteiger partial charge in [0.2, 0.25) is 5.91 Å². The van der Waals surface area contributed by atoms with Crippen molar-refractivity contribution < 1.29 is 6.17 Å². The number of aromatic nitrogens is 1. The van der Waals surface area contributed by atoms with E-state index in [0.717, 1.165) is 41.4 Å². The van der Waals surface area contributed by atoms with Crippen LogP contribution in [0.25, 0.3) is 10.9 Å². The van der Waals surface area contributed by atoms with Crippen molar-refractivity contribution in [3.8, 4) is 0 Å². The van der Waals surface area contributed by atoms with Crippen LogP contribution < -0.4 is 4.90 Å². The molecule has 2 aromatic rings. The summed E-state index contributed by atoms with van der Waals surface area (Å²) < 4.78 is 7.82. The molecule has 1 amide bonds. The standard InChI is InChI=1S/C15H14N2O/c1-17-12-9-16-11-6-3-2-5-10(11)13(12)15(14(17)18)7-4-8-15/h2-3,5-6,9H,4,7-8H2,1H3/i2D. The normalized spacial score (nSPS) is 21.1. The fraction of sp³-hybridized carbons (Fsp3) is 0.333. The summed E-state index contributed by atoms with van der Waals surface area (Å²) in [6, 6.07) is 5.93. The molecule has 0 radical (unpaired) electrons. The summed E-state index contributed by atoms with van der Waals surface area (Å²) in [6.45, 7) is 0. The lowest BCUT2D eigenvalue weighted by Crippen LogP contribution is -2.43. The molecule has 1 spiro atoms. The highest BCUT2D eigenvalue weighted by Gasteiger charge is 2.54. The number of nitrogens with zero attached hydrogens (tertiary/aromatic N) is 2. The van der Waals surface area contributed by atoms with Gasteiger partial charge in [-0.25, -0.2) is 0 Å². The van der Waals surface area contributed by atoms with Crippen molar-refractivity contribution in [3.05, 3.63) is 36.0 Å². The van der Waals surface area contributed by atoms with E-state index in [-0.39, 0.29) is 11.3 Å². The zero-order chi connectivity index (χ0) is 13.2. The van der Waals surface area contributed by atoms with Crippen molar-refractivity contribution >= 4 is 22.5 Å². The molecule has 4 rings (SSSR count). The zero-order valence-electron chi connectivity index (χ0n) is 11.2. The highest BCUT2D eigenvalue weighted by Crippen LogP contribution is 2.54. The summed E-state index contributed by atoms with van der Waals surface area (Å²) >= 11 is 0. The number of likely N-dealkylation sites (N-methyl/N-ethyl adjacent to an activating group) is 1. The summed E-state index contributed by atoms with van der Waals surface area (Å²) in [7, 11) is 1.83. The molecule has 90 valence electrons. The number of pyridine rings is 1. The number of hydrogen-bond acceptors (Lipinski definition) is 2. The second kappa shape index (κ2) is 3.10. The maximum atomic E-state index is 12.5. The molecule has 2 aliphatic rings. The molecular weight excluding hydrogens is 224 g/mol. The summed E-state index contributed by atoms with van der Waals surface area (Å²) in [5.41, 5.74) is 2.57. The number of rotatable bonds is 0. The van der Waals surface area contributed by atoms with Crippen LogP contribution in [0.2, 0.25) is 0 Å². The summed E-state index contributed by atoms with van der Waals surface area (Å²) in [6.07, 6.45) is 4.74. The van der Waals surface area contributed by atoms with Crippen LogP contribution in [0.3, 0.4) is 0 Å². The number of anilines is 1. The average Bonchev–Trinajstić information content (AvgIpc) is 2.59. The first-order chi connectivity index (χ1) is 9.13. The van der Waals surface area contributed by atoms with Crippen LogP contribution in [0.15, 0.2) is 30.4 Å². The highest BCUT2D eigenvalue weighted by molar-refractivity contribution is 6.12. The van der Waals surface area contributed by atoms with Crippen LogP contribution in [0.5, 0.6) is 0 Å². The van der Waals surface area contributed by atoms with E-state index in [0.29, 0.717) is 6.04 Å². The first-order valence-electron chi connectivity index (χ1n) is 6.81. The van der Waals surface area contributed by atoms with Crippen molar-refractivity contribution in [3.63, 3.8) is 0 Å². The van der Waals surface area contributed by atoms with Crippen LogP contribution in [-0.2, 0) is 10.2 Å². The molecule has 1 aromatic heterocycles. The number of para-hydroxylation sites is 1. The van der Waals surface area contributed by atoms with Gasteiger partial charge in [0, 0.05) is 18.0 Å². The van der Waals surface area contributed by atoms with Gasteiger partial charge in [0.15, 0.2) is 0 Å². The molecule has 3 nitrogen and oxygen atoms in total. The van der Waals surface area contributed by atoms with E-state index in [1.54, 1.807) is 17.2 Å². The molecule has 2 heterocycles. The Labute approximate surface area is 107 Å². The number of benzene rings is 1. The van der Waals surface area contributed by atoms with Gasteiger partial charge in [0.05, 0.1) is 24.2 Å². The van der Waals surface area contributed by atoms with Gasteiger partial charge in [0.25, 0.3) is 0 Å². The quantitative estimate of drug-likeness (QED) is 0.708. The molecule has 18 heavy (non-hydrogen) atoms. The van der Waals surface area contributed by atoms with Crippen molar-refractivity contribution in [2.75, 3.05) is 11.9 Å². The Hall–Kier alpha value is -1.90. The summed E-state index contributed by atoms with van der Waals surface area (Å²) in [5, 5.41) is 0.974. The predicted octanol–water partition coefficient (Wildman–Crippen LogP) is 2.63. The second-order valence-corrected chi connectivity index (χ2v) is 5.26. The molecule has 0 unspecified atom stereocenters. The van der Waals surface area contributed by atoms with Crippen molar-refractivity contribution in [1.82, 2.24) is 4.98 Å². The molecule has 0 saturated heterocycles. The Morgan fingerprint density at radius 3 is 3.00 bits per heavy atom. The van der Waals surface area contributed by atoms with Crippen LogP contribution in [0, 0.1) is 0 Å². The van der Waals surface area contributed by atoms with Gasteiger partial charge in [-0.15, -0.1) is 0 Å². The number of carbonyl (C=O) groups excluding carboxylic acids is 1. The smallest absolute Gasteiger partial charge is 0.237 e. The minimum atomic E-state index is -0.334. The highest BCUT2D eigenvalue weighted by atomic mass is 16.2. The predicted molar refractivity (Wildman–Crippen MR) is 70.7 cm³/mol. The van der Waals surface area contributed by atoms with Gasteiger partial charge in [-0.1, -0.05) is 24.6 Å². The van der Waals surface area contributed by atoms with E-state index in [4.69, 9.17) is 1.37 Å². The molecular formula is C15H14N2O. The van der Waals surface area contributed by atoms with Crippen molar-refractivity contribution in [2.45, 2.75) is 24.7 Å². The van der Waals surface area contributed by atoms with Crippen LogP contribution in [-0.4, -0.2) is 17.9 Å². The molecule has 1 saturated carbocycles. The van der Waals surface area contributed by atoms with Gasteiger partial charge in [-0.3, -0.25) is 9.78 Å². The van der Waals surface area contributed by atoms with Crippen LogP contribution >= 0.6 is 0 Å². The molecule has 3 heteroatoms. The third-order valence-electron chi connectivity index (χ3n) is 4.45. The Bertz CT molecular complexity index is 721. The van der Waals surface area contributed by atoms with E-state index >= 15 is 0 Å². The number of hydrogen-bond donors (Lipinski definition) is 0. The van der Waals surface area contributed by atoms with Crippen molar-refractivity contribution in [1.29, 1.82) is 0 Å². The van der Waals surface area contributed by atoms with E-state index in [9.17, 15) is 4.79 Å². The lowest BCUT2D eigenvalue weighted by atomic mass is 9.64. The average molecular weight is 239 g/mol. The molecule has 1 fully saturated rings. The SMILES string of the molecule is [2H]c1ccc2ncc3c(c2c1)C1(CCC1)C(=O)N3C. The maximum Gasteiger partial charge on any atom is 0.237 e. The molecule has 1 aromatic carbocycles. The summed E-state index contributed by atoms with van der Waals surface area (Å²) in [5.74, 6) is 0.193. The zero-order valence-corrected chi connectivity index (χ0v) is 10.2. The largest absolute Gasteiger partial charge is 0.313 e. The van der Waals surface area contributed by atoms with E-state index in [1.165, 1.54) is 0 Å². The molecule has 0 N–H and O–H groups in total. The molecule has 1 aliphatic heterocycles. The first-order valence-corrected chi connectivity index (χ1v) is 6.31. The summed E-state index contributed by atoms with van der Waals surface area (Å²) in [4.78, 5) is 18.7. The molecule has 0 atom stereocenters. The van der Waals surface area contributed by atoms with Crippen molar-refractivity contribution in [2.24, 2.45) is 0 Å². The minimum absolute atomic E-state index is 0.193. The number of carbonyl (C=O) groups is 1. The number of fused-ring (bicyclic) bond motifs is 4. The van der Waals surface area contributed by atoms with Gasteiger partial charge in [-0.2, -0.15) is 0 Å². The Balaban J connectivity index is 2.12. The Morgan fingerprint density at radius 1 is 1.44 bits per heavy atom. The van der Waals surface area contributed by atoms with E-state index < -0.39 is 0 Å². The fourth-order valence-electron chi connectivity index (χ4n) is 3.36. The lowest BCUT2D eigenvalue weighted by molar-refractivity contribution is -0.125. The topological polar surface area (TPSA) is 33.2 Å². The third-order valence-corrected chi connectivity index (χ3v) is 4.45. The maximum absolute atomic E-state index is 12.5. The molecule has 1 aliphatic carbocycles. The third kappa shape index (κ3) is 0.964. The van der Waals surface area contributed by atoms with Gasteiger partial charge < -0.3 is 4.90 Å². The fourth-order valence-corrected chi connectivity index (χ4v) is 3.36. The van der Waals surface area contributed by atoms with Gasteiger partial charge in [0.1, 0.15) is 0 Å². The second-order valence-electron chi connectivity index (χ2n) is 5.26. The Morgan fingerprint density at radius 2 is 2.28 bits per heavy atom. The van der Waals surface area contributed by atoms with Crippen LogP contribution in [0.4, 0.5) is 5.69 Å². The van der Waals surface area contributed by atoms with E-state index in [2.05, 4.69) is 4.98 Å². The minimum Gasteiger partial charge on any atom is -0.313 e.